The van der Waals surface area contributed by atoms with Gasteiger partial charge in [-0.25, -0.2) is 4.79 Å². The highest BCUT2D eigenvalue weighted by atomic mass is 32.1. The van der Waals surface area contributed by atoms with Crippen LogP contribution in [0.15, 0.2) is 35.0 Å². The summed E-state index contributed by atoms with van der Waals surface area (Å²) in [6, 6.07) is 6.79. The number of aromatic carboxylic acids is 1. The quantitative estimate of drug-likeness (QED) is 0.763. The maximum atomic E-state index is 10.8. The molecule has 0 aliphatic carbocycles. The van der Waals surface area contributed by atoms with Gasteiger partial charge in [0.1, 0.15) is 0 Å². The topological polar surface area (TPSA) is 63.3 Å². The molecule has 0 radical (unpaired) electrons. The molecule has 3 nitrogen and oxygen atoms in total. The minimum absolute atomic E-state index is 0.219. The molecule has 4 heteroatoms. The smallest absolute Gasteiger partial charge is 0.335 e. The lowest BCUT2D eigenvalue weighted by Gasteiger charge is -2.02. The van der Waals surface area contributed by atoms with Gasteiger partial charge in [0.2, 0.25) is 0 Å². The van der Waals surface area contributed by atoms with Crippen molar-refractivity contribution >= 4 is 23.0 Å². The van der Waals surface area contributed by atoms with Crippen LogP contribution in [0.1, 0.15) is 10.4 Å². The average Bonchev–Trinajstić information content (AvgIpc) is 2.69. The van der Waals surface area contributed by atoms with Gasteiger partial charge in [0.25, 0.3) is 0 Å². The molecule has 0 saturated heterocycles. The lowest BCUT2D eigenvalue weighted by Crippen LogP contribution is -1.98. The molecule has 76 valence electrons. The second-order valence-corrected chi connectivity index (χ2v) is 3.94. The Morgan fingerprint density at radius 3 is 2.67 bits per heavy atom. The molecule has 0 atom stereocenters. The standard InChI is InChI=1S/C11H9NO2S/c12-10-4-8(7-1-2-15-6-7)3-9(5-10)11(13)14/h1-6H,12H2,(H,13,14). The number of carbonyl (C=O) groups is 1. The Kier molecular flexibility index (Phi) is 2.43. The highest BCUT2D eigenvalue weighted by molar-refractivity contribution is 7.08. The molecule has 0 saturated carbocycles. The van der Waals surface area contributed by atoms with E-state index in [0.29, 0.717) is 5.69 Å². The zero-order valence-electron chi connectivity index (χ0n) is 7.81. The third-order valence-corrected chi connectivity index (χ3v) is 2.74. The number of benzene rings is 1. The minimum atomic E-state index is -0.959. The lowest BCUT2D eigenvalue weighted by atomic mass is 10.0. The minimum Gasteiger partial charge on any atom is -0.478 e. The van der Waals surface area contributed by atoms with E-state index in [0.717, 1.165) is 11.1 Å². The fourth-order valence-electron chi connectivity index (χ4n) is 1.37. The van der Waals surface area contributed by atoms with Crippen molar-refractivity contribution in [3.63, 3.8) is 0 Å². The van der Waals surface area contributed by atoms with Gasteiger partial charge in [0, 0.05) is 5.69 Å². The fraction of sp³-hybridized carbons (Fsp3) is 0. The van der Waals surface area contributed by atoms with Gasteiger partial charge in [-0.2, -0.15) is 11.3 Å². The summed E-state index contributed by atoms with van der Waals surface area (Å²) in [7, 11) is 0. The molecule has 2 aromatic rings. The van der Waals surface area contributed by atoms with E-state index in [4.69, 9.17) is 10.8 Å². The lowest BCUT2D eigenvalue weighted by molar-refractivity contribution is 0.0697. The van der Waals surface area contributed by atoms with Crippen LogP contribution in [-0.2, 0) is 0 Å². The number of thiophene rings is 1. The van der Waals surface area contributed by atoms with Gasteiger partial charge < -0.3 is 10.8 Å². The largest absolute Gasteiger partial charge is 0.478 e. The second-order valence-electron chi connectivity index (χ2n) is 3.16. The summed E-state index contributed by atoms with van der Waals surface area (Å²) in [5.41, 5.74) is 8.17. The van der Waals surface area contributed by atoms with Crippen molar-refractivity contribution in [2.45, 2.75) is 0 Å². The molecule has 0 fully saturated rings. The van der Waals surface area contributed by atoms with Crippen LogP contribution in [-0.4, -0.2) is 11.1 Å². The van der Waals surface area contributed by atoms with E-state index in [9.17, 15) is 4.79 Å². The van der Waals surface area contributed by atoms with Crippen LogP contribution < -0.4 is 5.73 Å². The van der Waals surface area contributed by atoms with Crippen LogP contribution in [0, 0.1) is 0 Å². The molecule has 1 heterocycles. The number of carboxylic acids is 1. The van der Waals surface area contributed by atoms with E-state index in [-0.39, 0.29) is 5.56 Å². The number of hydrogen-bond donors (Lipinski definition) is 2. The van der Waals surface area contributed by atoms with Gasteiger partial charge in [0.05, 0.1) is 5.56 Å². The molecule has 2 rings (SSSR count). The van der Waals surface area contributed by atoms with Crippen LogP contribution in [0.3, 0.4) is 0 Å². The van der Waals surface area contributed by atoms with Crippen LogP contribution in [0.4, 0.5) is 5.69 Å². The first-order chi connectivity index (χ1) is 7.16. The third-order valence-electron chi connectivity index (χ3n) is 2.06. The second kappa shape index (κ2) is 3.74. The molecular weight excluding hydrogens is 210 g/mol. The van der Waals surface area contributed by atoms with Gasteiger partial charge in [-0.15, -0.1) is 0 Å². The predicted molar refractivity (Wildman–Crippen MR) is 61.1 cm³/mol. The predicted octanol–water partition coefficient (Wildman–Crippen LogP) is 2.70. The first-order valence-corrected chi connectivity index (χ1v) is 5.27. The van der Waals surface area contributed by atoms with Crippen molar-refractivity contribution in [3.05, 3.63) is 40.6 Å². The van der Waals surface area contributed by atoms with Gasteiger partial charge in [0.15, 0.2) is 0 Å². The summed E-state index contributed by atoms with van der Waals surface area (Å²) in [6.45, 7) is 0. The van der Waals surface area contributed by atoms with Crippen LogP contribution >= 0.6 is 11.3 Å². The zero-order valence-corrected chi connectivity index (χ0v) is 8.62. The first-order valence-electron chi connectivity index (χ1n) is 4.33. The number of hydrogen-bond acceptors (Lipinski definition) is 3. The number of anilines is 1. The normalized spacial score (nSPS) is 10.1. The molecule has 1 aromatic heterocycles. The Morgan fingerprint density at radius 2 is 2.07 bits per heavy atom. The Hall–Kier alpha value is -1.81. The van der Waals surface area contributed by atoms with Gasteiger partial charge >= 0.3 is 5.97 Å². The Bertz CT molecular complexity index is 491. The van der Waals surface area contributed by atoms with Crippen LogP contribution in [0.2, 0.25) is 0 Å². The van der Waals surface area contributed by atoms with E-state index in [1.807, 2.05) is 16.8 Å². The van der Waals surface area contributed by atoms with E-state index >= 15 is 0 Å². The number of carboxylic acid groups (broad SMARTS) is 1. The average molecular weight is 219 g/mol. The van der Waals surface area contributed by atoms with Crippen LogP contribution in [0.25, 0.3) is 11.1 Å². The van der Waals surface area contributed by atoms with Crippen molar-refractivity contribution in [1.29, 1.82) is 0 Å². The fourth-order valence-corrected chi connectivity index (χ4v) is 2.04. The maximum absolute atomic E-state index is 10.8. The van der Waals surface area contributed by atoms with E-state index in [1.165, 1.54) is 6.07 Å². The van der Waals surface area contributed by atoms with E-state index in [1.54, 1.807) is 23.5 Å². The maximum Gasteiger partial charge on any atom is 0.335 e. The van der Waals surface area contributed by atoms with Gasteiger partial charge in [-0.05, 0) is 46.2 Å². The van der Waals surface area contributed by atoms with Gasteiger partial charge in [-0.3, -0.25) is 0 Å². The SMILES string of the molecule is Nc1cc(C(=O)O)cc(-c2ccsc2)c1. The van der Waals surface area contributed by atoms with Gasteiger partial charge in [-0.1, -0.05) is 0 Å². The van der Waals surface area contributed by atoms with Crippen molar-refractivity contribution < 1.29 is 9.90 Å². The summed E-state index contributed by atoms with van der Waals surface area (Å²) >= 11 is 1.57. The van der Waals surface area contributed by atoms with Crippen molar-refractivity contribution in [2.75, 3.05) is 5.73 Å². The Labute approximate surface area is 90.8 Å². The summed E-state index contributed by atoms with van der Waals surface area (Å²) < 4.78 is 0. The molecular formula is C11H9NO2S. The molecule has 3 N–H and O–H groups in total. The van der Waals surface area contributed by atoms with E-state index in [2.05, 4.69) is 0 Å². The molecule has 0 amide bonds. The molecule has 0 bridgehead atoms. The molecule has 1 aromatic carbocycles. The summed E-state index contributed by atoms with van der Waals surface area (Å²) in [6.07, 6.45) is 0. The highest BCUT2D eigenvalue weighted by Crippen LogP contribution is 2.25. The summed E-state index contributed by atoms with van der Waals surface area (Å²) in [4.78, 5) is 10.8. The van der Waals surface area contributed by atoms with Crippen molar-refractivity contribution in [2.24, 2.45) is 0 Å². The Morgan fingerprint density at radius 1 is 1.27 bits per heavy atom. The van der Waals surface area contributed by atoms with E-state index < -0.39 is 5.97 Å². The monoisotopic (exact) mass is 219 g/mol. The molecule has 0 aliphatic rings. The molecule has 0 aliphatic heterocycles. The third kappa shape index (κ3) is 1.99. The number of nitrogen functional groups attached to an aromatic ring is 1. The molecule has 0 unspecified atom stereocenters. The number of nitrogens with two attached hydrogens (primary N) is 1. The van der Waals surface area contributed by atoms with Crippen molar-refractivity contribution in [1.82, 2.24) is 0 Å². The molecule has 0 spiro atoms. The zero-order chi connectivity index (χ0) is 10.8. The summed E-state index contributed by atoms with van der Waals surface area (Å²) in [5, 5.41) is 12.8. The highest BCUT2D eigenvalue weighted by Gasteiger charge is 2.07. The Balaban J connectivity index is 2.54. The molecule has 15 heavy (non-hydrogen) atoms. The summed E-state index contributed by atoms with van der Waals surface area (Å²) in [5.74, 6) is -0.959. The van der Waals surface area contributed by atoms with Crippen LogP contribution in [0.5, 0.6) is 0 Å². The van der Waals surface area contributed by atoms with Crippen molar-refractivity contribution in [3.8, 4) is 11.1 Å². The first kappa shape index (κ1) is 9.73. The number of rotatable bonds is 2.